The summed E-state index contributed by atoms with van der Waals surface area (Å²) in [6.45, 7) is 0.629. The lowest BCUT2D eigenvalue weighted by molar-refractivity contribution is 0.902. The minimum absolute atomic E-state index is 0.629. The van der Waals surface area contributed by atoms with Crippen molar-refractivity contribution in [3.63, 3.8) is 0 Å². The molecule has 0 aromatic carbocycles. The summed E-state index contributed by atoms with van der Waals surface area (Å²) >= 11 is 0. The highest BCUT2D eigenvalue weighted by Gasteiger charge is 2.03. The molecule has 2 rings (SSSR count). The largest absolute Gasteiger partial charge is 0.330 e. The van der Waals surface area contributed by atoms with E-state index in [0.29, 0.717) is 6.54 Å². The van der Waals surface area contributed by atoms with E-state index in [9.17, 15) is 0 Å². The molecule has 0 unspecified atom stereocenters. The standard InChI is InChI=1S/C10H12N4/c11-5-4-8-7-10(14-13-8)9-3-1-2-6-12-9/h1-3,6-7H,4-5,11H2,(H,13,14). The van der Waals surface area contributed by atoms with Crippen molar-refractivity contribution in [2.24, 2.45) is 5.73 Å². The Hall–Kier alpha value is -1.68. The van der Waals surface area contributed by atoms with Gasteiger partial charge in [-0.25, -0.2) is 0 Å². The fourth-order valence-electron chi connectivity index (χ4n) is 1.29. The van der Waals surface area contributed by atoms with Crippen LogP contribution in [0.1, 0.15) is 5.69 Å². The first-order chi connectivity index (χ1) is 6.90. The van der Waals surface area contributed by atoms with Crippen LogP contribution >= 0.6 is 0 Å². The van der Waals surface area contributed by atoms with Crippen molar-refractivity contribution in [1.82, 2.24) is 15.2 Å². The van der Waals surface area contributed by atoms with E-state index in [1.807, 2.05) is 24.3 Å². The van der Waals surface area contributed by atoms with Crippen molar-refractivity contribution < 1.29 is 0 Å². The molecule has 0 aliphatic carbocycles. The number of H-pyrrole nitrogens is 1. The maximum Gasteiger partial charge on any atom is 0.111 e. The van der Waals surface area contributed by atoms with Crippen molar-refractivity contribution in [2.75, 3.05) is 6.54 Å². The molecule has 0 aliphatic rings. The van der Waals surface area contributed by atoms with Crippen molar-refractivity contribution >= 4 is 0 Å². The van der Waals surface area contributed by atoms with Crippen molar-refractivity contribution in [2.45, 2.75) is 6.42 Å². The van der Waals surface area contributed by atoms with Crippen LogP contribution in [0.2, 0.25) is 0 Å². The molecule has 0 spiro atoms. The minimum atomic E-state index is 0.629. The maximum atomic E-state index is 5.45. The molecule has 0 amide bonds. The monoisotopic (exact) mass is 188 g/mol. The van der Waals surface area contributed by atoms with Gasteiger partial charge in [-0.1, -0.05) is 6.07 Å². The first-order valence-electron chi connectivity index (χ1n) is 4.56. The van der Waals surface area contributed by atoms with E-state index in [4.69, 9.17) is 5.73 Å². The summed E-state index contributed by atoms with van der Waals surface area (Å²) in [5.41, 5.74) is 8.25. The van der Waals surface area contributed by atoms with Crippen molar-refractivity contribution in [1.29, 1.82) is 0 Å². The third kappa shape index (κ3) is 1.80. The van der Waals surface area contributed by atoms with Gasteiger partial charge in [0.25, 0.3) is 0 Å². The van der Waals surface area contributed by atoms with Crippen LogP contribution < -0.4 is 5.73 Å². The number of nitrogens with zero attached hydrogens (tertiary/aromatic N) is 2. The molecule has 2 aromatic rings. The number of nitrogens with two attached hydrogens (primary N) is 1. The van der Waals surface area contributed by atoms with Gasteiger partial charge >= 0.3 is 0 Å². The van der Waals surface area contributed by atoms with Gasteiger partial charge in [0.05, 0.1) is 5.69 Å². The number of pyridine rings is 1. The Balaban J connectivity index is 2.25. The van der Waals surface area contributed by atoms with Gasteiger partial charge in [-0.15, -0.1) is 0 Å². The Kier molecular flexibility index (Phi) is 2.55. The van der Waals surface area contributed by atoms with Crippen molar-refractivity contribution in [3.05, 3.63) is 36.2 Å². The van der Waals surface area contributed by atoms with Crippen LogP contribution in [-0.2, 0) is 6.42 Å². The van der Waals surface area contributed by atoms with Crippen LogP contribution in [0.25, 0.3) is 11.4 Å². The molecule has 72 valence electrons. The van der Waals surface area contributed by atoms with E-state index >= 15 is 0 Å². The number of aromatic amines is 1. The van der Waals surface area contributed by atoms with Crippen LogP contribution in [-0.4, -0.2) is 21.7 Å². The predicted octanol–water partition coefficient (Wildman–Crippen LogP) is 0.973. The van der Waals surface area contributed by atoms with Crippen LogP contribution in [0.15, 0.2) is 30.5 Å². The highest BCUT2D eigenvalue weighted by atomic mass is 15.1. The Labute approximate surface area is 82.2 Å². The number of nitrogens with one attached hydrogen (secondary N) is 1. The normalized spacial score (nSPS) is 10.4. The van der Waals surface area contributed by atoms with Crippen LogP contribution in [0.4, 0.5) is 0 Å². The average molecular weight is 188 g/mol. The second kappa shape index (κ2) is 4.02. The Morgan fingerprint density at radius 2 is 2.21 bits per heavy atom. The summed E-state index contributed by atoms with van der Waals surface area (Å²) in [5.74, 6) is 0. The molecule has 0 saturated heterocycles. The first-order valence-corrected chi connectivity index (χ1v) is 4.56. The van der Waals surface area contributed by atoms with E-state index in [0.717, 1.165) is 23.5 Å². The lowest BCUT2D eigenvalue weighted by atomic mass is 10.2. The number of hydrogen-bond acceptors (Lipinski definition) is 3. The van der Waals surface area contributed by atoms with E-state index in [1.165, 1.54) is 0 Å². The van der Waals surface area contributed by atoms with Crippen LogP contribution in [0.5, 0.6) is 0 Å². The number of hydrogen-bond donors (Lipinski definition) is 2. The molecule has 0 radical (unpaired) electrons. The summed E-state index contributed by atoms with van der Waals surface area (Å²) in [7, 11) is 0. The lowest BCUT2D eigenvalue weighted by Gasteiger charge is -1.91. The molecule has 0 bridgehead atoms. The van der Waals surface area contributed by atoms with Crippen LogP contribution in [0.3, 0.4) is 0 Å². The highest BCUT2D eigenvalue weighted by molar-refractivity contribution is 5.53. The fraction of sp³-hybridized carbons (Fsp3) is 0.200. The molecule has 0 saturated carbocycles. The van der Waals surface area contributed by atoms with Gasteiger partial charge in [0.15, 0.2) is 0 Å². The summed E-state index contributed by atoms with van der Waals surface area (Å²) in [6.07, 6.45) is 2.58. The molecule has 3 N–H and O–H groups in total. The van der Waals surface area contributed by atoms with E-state index in [2.05, 4.69) is 15.2 Å². The zero-order valence-corrected chi connectivity index (χ0v) is 7.77. The second-order valence-electron chi connectivity index (χ2n) is 3.03. The second-order valence-corrected chi connectivity index (χ2v) is 3.03. The average Bonchev–Trinajstić information content (AvgIpc) is 2.68. The number of aromatic nitrogens is 3. The van der Waals surface area contributed by atoms with Gasteiger partial charge < -0.3 is 5.73 Å². The zero-order valence-electron chi connectivity index (χ0n) is 7.77. The van der Waals surface area contributed by atoms with E-state index in [-0.39, 0.29) is 0 Å². The minimum Gasteiger partial charge on any atom is -0.330 e. The summed E-state index contributed by atoms with van der Waals surface area (Å²) in [5, 5.41) is 7.10. The molecule has 0 fully saturated rings. The van der Waals surface area contributed by atoms with Gasteiger partial charge in [-0.05, 0) is 24.7 Å². The van der Waals surface area contributed by atoms with Gasteiger partial charge in [-0.2, -0.15) is 5.10 Å². The zero-order chi connectivity index (χ0) is 9.80. The van der Waals surface area contributed by atoms with Crippen LogP contribution in [0, 0.1) is 0 Å². The van der Waals surface area contributed by atoms with E-state index < -0.39 is 0 Å². The van der Waals surface area contributed by atoms with Gasteiger partial charge in [0, 0.05) is 18.3 Å². The van der Waals surface area contributed by atoms with Crippen molar-refractivity contribution in [3.8, 4) is 11.4 Å². The quantitative estimate of drug-likeness (QED) is 0.754. The Morgan fingerprint density at radius 3 is 2.93 bits per heavy atom. The fourth-order valence-corrected chi connectivity index (χ4v) is 1.29. The molecule has 2 heterocycles. The lowest BCUT2D eigenvalue weighted by Crippen LogP contribution is -2.02. The van der Waals surface area contributed by atoms with Gasteiger partial charge in [-0.3, -0.25) is 10.1 Å². The van der Waals surface area contributed by atoms with Gasteiger partial charge in [0.1, 0.15) is 5.69 Å². The highest BCUT2D eigenvalue weighted by Crippen LogP contribution is 2.13. The maximum absolute atomic E-state index is 5.45. The molecule has 4 heteroatoms. The Morgan fingerprint density at radius 1 is 1.29 bits per heavy atom. The molecule has 0 aliphatic heterocycles. The molecule has 14 heavy (non-hydrogen) atoms. The molecule has 0 atom stereocenters. The Bertz CT molecular complexity index is 394. The first kappa shape index (κ1) is 8.90. The third-order valence-electron chi connectivity index (χ3n) is 1.97. The molecular weight excluding hydrogens is 176 g/mol. The van der Waals surface area contributed by atoms with E-state index in [1.54, 1.807) is 6.20 Å². The summed E-state index contributed by atoms with van der Waals surface area (Å²) in [4.78, 5) is 4.21. The summed E-state index contributed by atoms with van der Waals surface area (Å²) in [6, 6.07) is 7.74. The SMILES string of the molecule is NCCc1cc(-c2ccccn2)n[nH]1. The molecular formula is C10H12N4. The van der Waals surface area contributed by atoms with Gasteiger partial charge in [0.2, 0.25) is 0 Å². The summed E-state index contributed by atoms with van der Waals surface area (Å²) < 4.78 is 0. The molecule has 4 nitrogen and oxygen atoms in total. The molecule has 2 aromatic heterocycles. The number of rotatable bonds is 3. The third-order valence-corrected chi connectivity index (χ3v) is 1.97. The smallest absolute Gasteiger partial charge is 0.111 e. The topological polar surface area (TPSA) is 67.6 Å². The predicted molar refractivity (Wildman–Crippen MR) is 54.6 cm³/mol.